The maximum Gasteiger partial charge on any atom is 0.213 e. The van der Waals surface area contributed by atoms with Gasteiger partial charge in [-0.3, -0.25) is 0 Å². The molecule has 0 atom stereocenters. The Morgan fingerprint density at radius 1 is 1.00 bits per heavy atom. The van der Waals surface area contributed by atoms with Crippen molar-refractivity contribution in [3.8, 4) is 17.1 Å². The second kappa shape index (κ2) is 10.9. The molecule has 0 aliphatic rings. The number of aromatic nitrogens is 2. The number of ether oxygens (including phenoxy) is 1. The molecule has 3 rings (SSSR count). The number of nitrogens with one attached hydrogen (secondary N) is 1. The van der Waals surface area contributed by atoms with Gasteiger partial charge in [-0.25, -0.2) is 18.7 Å². The van der Waals surface area contributed by atoms with Crippen molar-refractivity contribution < 1.29 is 13.5 Å². The molecule has 29 heavy (non-hydrogen) atoms. The lowest BCUT2D eigenvalue weighted by Gasteiger charge is -2.07. The second-order valence-corrected chi connectivity index (χ2v) is 7.65. The molecule has 1 aromatic carbocycles. The minimum absolute atomic E-state index is 0.532. The van der Waals surface area contributed by atoms with Crippen molar-refractivity contribution in [1.82, 2.24) is 9.97 Å². The molecule has 1 N–H and O–H groups in total. The molecule has 0 bridgehead atoms. The zero-order valence-corrected chi connectivity index (χ0v) is 17.3. The highest BCUT2D eigenvalue weighted by molar-refractivity contribution is 7.14. The van der Waals surface area contributed by atoms with Gasteiger partial charge >= 0.3 is 0 Å². The topological polar surface area (TPSA) is 47.0 Å². The zero-order valence-electron chi connectivity index (χ0n) is 16.5. The van der Waals surface area contributed by atoms with Gasteiger partial charge in [0, 0.05) is 17.0 Å². The predicted octanol–water partition coefficient (Wildman–Crippen LogP) is 6.97. The Morgan fingerprint density at radius 3 is 2.59 bits per heavy atom. The van der Waals surface area contributed by atoms with Crippen molar-refractivity contribution >= 4 is 22.2 Å². The number of rotatable bonds is 11. The predicted molar refractivity (Wildman–Crippen MR) is 114 cm³/mol. The molecule has 0 spiro atoms. The summed E-state index contributed by atoms with van der Waals surface area (Å²) in [5, 5.41) is 5.60. The summed E-state index contributed by atoms with van der Waals surface area (Å²) in [5.74, 6) is -1.15. The van der Waals surface area contributed by atoms with Crippen molar-refractivity contribution in [2.75, 3.05) is 11.9 Å². The van der Waals surface area contributed by atoms with Crippen LogP contribution in [0.3, 0.4) is 0 Å². The van der Waals surface area contributed by atoms with Gasteiger partial charge in [0.25, 0.3) is 0 Å². The Labute approximate surface area is 174 Å². The van der Waals surface area contributed by atoms with E-state index < -0.39 is 11.6 Å². The Kier molecular flexibility index (Phi) is 7.93. The van der Waals surface area contributed by atoms with Gasteiger partial charge < -0.3 is 10.1 Å². The van der Waals surface area contributed by atoms with Gasteiger partial charge in [0.1, 0.15) is 0 Å². The van der Waals surface area contributed by atoms with Crippen LogP contribution in [0.4, 0.5) is 19.6 Å². The molecule has 154 valence electrons. The Hall–Kier alpha value is -2.54. The van der Waals surface area contributed by atoms with E-state index in [9.17, 15) is 8.78 Å². The van der Waals surface area contributed by atoms with Crippen molar-refractivity contribution in [2.45, 2.75) is 45.4 Å². The number of hydrogen-bond acceptors (Lipinski definition) is 5. The summed E-state index contributed by atoms with van der Waals surface area (Å²) in [7, 11) is 0. The van der Waals surface area contributed by atoms with Crippen LogP contribution in [-0.4, -0.2) is 16.6 Å². The average Bonchev–Trinajstić information content (AvgIpc) is 3.19. The number of nitrogens with zero attached hydrogens (tertiary/aromatic N) is 2. The third kappa shape index (κ3) is 6.49. The Morgan fingerprint density at radius 2 is 1.83 bits per heavy atom. The normalized spacial score (nSPS) is 10.9. The number of anilines is 2. The molecule has 2 aromatic heterocycles. The van der Waals surface area contributed by atoms with Crippen molar-refractivity contribution in [3.63, 3.8) is 0 Å². The lowest BCUT2D eigenvalue weighted by Crippen LogP contribution is -1.99. The molecule has 0 fully saturated rings. The molecule has 2 heterocycles. The van der Waals surface area contributed by atoms with Crippen LogP contribution in [0.25, 0.3) is 11.3 Å². The van der Waals surface area contributed by atoms with Gasteiger partial charge in [0.05, 0.1) is 24.2 Å². The SMILES string of the molecule is CCCCCCCCOc1ccc(Nc2nc(-c3ccc(F)c(F)c3)cs2)cn1. The van der Waals surface area contributed by atoms with E-state index in [0.717, 1.165) is 24.2 Å². The van der Waals surface area contributed by atoms with Crippen LogP contribution in [-0.2, 0) is 0 Å². The summed E-state index contributed by atoms with van der Waals surface area (Å²) in [4.78, 5) is 8.73. The molecule has 0 aliphatic heterocycles. The molecule has 4 nitrogen and oxygen atoms in total. The van der Waals surface area contributed by atoms with Gasteiger partial charge in [-0.15, -0.1) is 11.3 Å². The number of pyridine rings is 1. The number of unbranched alkanes of at least 4 members (excludes halogenated alkanes) is 5. The van der Waals surface area contributed by atoms with Gasteiger partial charge in [0.2, 0.25) is 5.88 Å². The van der Waals surface area contributed by atoms with Crippen LogP contribution >= 0.6 is 11.3 Å². The fourth-order valence-electron chi connectivity index (χ4n) is 2.84. The van der Waals surface area contributed by atoms with Crippen LogP contribution in [0.15, 0.2) is 41.9 Å². The number of halogens is 2. The van der Waals surface area contributed by atoms with E-state index in [0.29, 0.717) is 28.9 Å². The third-order valence-corrected chi connectivity index (χ3v) is 5.21. The molecule has 0 saturated heterocycles. The number of hydrogen-bond donors (Lipinski definition) is 1. The largest absolute Gasteiger partial charge is 0.478 e. The van der Waals surface area contributed by atoms with Gasteiger partial charge in [-0.2, -0.15) is 0 Å². The molecule has 0 radical (unpaired) electrons. The first-order chi connectivity index (χ1) is 14.2. The minimum Gasteiger partial charge on any atom is -0.478 e. The summed E-state index contributed by atoms with van der Waals surface area (Å²) in [6, 6.07) is 7.46. The maximum absolute atomic E-state index is 13.4. The van der Waals surface area contributed by atoms with E-state index in [2.05, 4.69) is 22.2 Å². The summed E-state index contributed by atoms with van der Waals surface area (Å²) in [6.45, 7) is 2.89. The molecule has 0 aliphatic carbocycles. The zero-order chi connectivity index (χ0) is 20.5. The Balaban J connectivity index is 1.47. The average molecular weight is 418 g/mol. The number of thiazole rings is 1. The standard InChI is InChI=1S/C22H25F2N3OS/c1-2-3-4-5-6-7-12-28-21-11-9-17(14-25-21)26-22-27-20(15-29-22)16-8-10-18(23)19(24)13-16/h8-11,13-15H,2-7,12H2,1H3,(H,26,27). The van der Waals surface area contributed by atoms with Crippen LogP contribution in [0, 0.1) is 11.6 Å². The smallest absolute Gasteiger partial charge is 0.213 e. The van der Waals surface area contributed by atoms with Crippen LogP contribution in [0.2, 0.25) is 0 Å². The van der Waals surface area contributed by atoms with Gasteiger partial charge in [0.15, 0.2) is 16.8 Å². The quantitative estimate of drug-likeness (QED) is 0.342. The third-order valence-electron chi connectivity index (χ3n) is 4.46. The lowest BCUT2D eigenvalue weighted by molar-refractivity contribution is 0.293. The summed E-state index contributed by atoms with van der Waals surface area (Å²) in [6.07, 6.45) is 9.03. The Bertz CT molecular complexity index is 899. The molecule has 0 amide bonds. The first kappa shape index (κ1) is 21.2. The summed E-state index contributed by atoms with van der Waals surface area (Å²) in [5.41, 5.74) is 1.90. The van der Waals surface area contributed by atoms with Crippen molar-refractivity contribution in [2.24, 2.45) is 0 Å². The highest BCUT2D eigenvalue weighted by Gasteiger charge is 2.09. The molecule has 0 saturated carbocycles. The van der Waals surface area contributed by atoms with Crippen molar-refractivity contribution in [1.29, 1.82) is 0 Å². The monoisotopic (exact) mass is 417 g/mol. The van der Waals surface area contributed by atoms with E-state index in [1.807, 2.05) is 12.1 Å². The van der Waals surface area contributed by atoms with E-state index in [1.54, 1.807) is 11.6 Å². The van der Waals surface area contributed by atoms with Crippen molar-refractivity contribution in [3.05, 3.63) is 53.5 Å². The first-order valence-corrected chi connectivity index (χ1v) is 10.8. The van der Waals surface area contributed by atoms with Crippen LogP contribution < -0.4 is 10.1 Å². The highest BCUT2D eigenvalue weighted by Crippen LogP contribution is 2.28. The van der Waals surface area contributed by atoms with E-state index in [4.69, 9.17) is 4.74 Å². The lowest BCUT2D eigenvalue weighted by atomic mass is 10.1. The fraction of sp³-hybridized carbons (Fsp3) is 0.364. The fourth-order valence-corrected chi connectivity index (χ4v) is 3.58. The summed E-state index contributed by atoms with van der Waals surface area (Å²) < 4.78 is 32.2. The maximum atomic E-state index is 13.4. The molecule has 0 unspecified atom stereocenters. The van der Waals surface area contributed by atoms with Gasteiger partial charge in [-0.1, -0.05) is 39.0 Å². The minimum atomic E-state index is -0.884. The van der Waals surface area contributed by atoms with E-state index in [1.165, 1.54) is 49.5 Å². The molecule has 3 aromatic rings. The number of benzene rings is 1. The molecular weight excluding hydrogens is 392 g/mol. The van der Waals surface area contributed by atoms with Crippen LogP contribution in [0.1, 0.15) is 45.4 Å². The molecule has 7 heteroatoms. The first-order valence-electron chi connectivity index (χ1n) is 9.92. The van der Waals surface area contributed by atoms with E-state index in [-0.39, 0.29) is 0 Å². The summed E-state index contributed by atoms with van der Waals surface area (Å²) >= 11 is 1.38. The second-order valence-electron chi connectivity index (χ2n) is 6.79. The van der Waals surface area contributed by atoms with Gasteiger partial charge in [-0.05, 0) is 30.7 Å². The van der Waals surface area contributed by atoms with Crippen LogP contribution in [0.5, 0.6) is 5.88 Å². The van der Waals surface area contributed by atoms with E-state index >= 15 is 0 Å². The highest BCUT2D eigenvalue weighted by atomic mass is 32.1. The molecular formula is C22H25F2N3OS.